The second-order valence-electron chi connectivity index (χ2n) is 6.63. The van der Waals surface area contributed by atoms with Gasteiger partial charge in [0, 0.05) is 19.2 Å². The fourth-order valence-electron chi connectivity index (χ4n) is 2.83. The zero-order chi connectivity index (χ0) is 22.4. The highest BCUT2D eigenvalue weighted by Crippen LogP contribution is 2.23. The van der Waals surface area contributed by atoms with Crippen LogP contribution in [0, 0.1) is 0 Å². The van der Waals surface area contributed by atoms with E-state index < -0.39 is 16.6 Å². The molecule has 0 saturated carbocycles. The van der Waals surface area contributed by atoms with Gasteiger partial charge in [-0.1, -0.05) is 36.4 Å². The number of alkyl halides is 2. The molecule has 9 heteroatoms. The van der Waals surface area contributed by atoms with E-state index in [1.54, 1.807) is 24.3 Å². The lowest BCUT2D eigenvalue weighted by Gasteiger charge is -2.09. The number of carbonyl (C=O) groups is 1. The molecule has 0 aromatic heterocycles. The van der Waals surface area contributed by atoms with E-state index in [9.17, 15) is 22.0 Å². The van der Waals surface area contributed by atoms with Crippen molar-refractivity contribution >= 4 is 21.6 Å². The van der Waals surface area contributed by atoms with Gasteiger partial charge in [0.05, 0.1) is 4.90 Å². The number of ether oxygens (including phenoxy) is 1. The van der Waals surface area contributed by atoms with Gasteiger partial charge in [-0.3, -0.25) is 4.79 Å². The Labute approximate surface area is 178 Å². The summed E-state index contributed by atoms with van der Waals surface area (Å²) in [6.07, 6.45) is 0. The quantitative estimate of drug-likeness (QED) is 0.538. The van der Waals surface area contributed by atoms with E-state index in [1.807, 2.05) is 12.1 Å². The van der Waals surface area contributed by atoms with Crippen molar-refractivity contribution in [3.8, 4) is 16.9 Å². The van der Waals surface area contributed by atoms with E-state index in [2.05, 4.69) is 14.8 Å². The molecule has 3 aromatic carbocycles. The number of nitrogens with one attached hydrogen (secondary N) is 2. The molecule has 0 unspecified atom stereocenters. The van der Waals surface area contributed by atoms with E-state index >= 15 is 0 Å². The number of halogens is 2. The minimum absolute atomic E-state index is 0.00213. The summed E-state index contributed by atoms with van der Waals surface area (Å²) in [6, 6.07) is 19.3. The zero-order valence-corrected chi connectivity index (χ0v) is 17.3. The molecular formula is C22H20F2N2O4S. The van der Waals surface area contributed by atoms with Crippen molar-refractivity contribution in [2.24, 2.45) is 0 Å². The highest BCUT2D eigenvalue weighted by atomic mass is 32.2. The molecule has 0 aliphatic rings. The minimum atomic E-state index is -3.76. The van der Waals surface area contributed by atoms with Crippen LogP contribution in [0.5, 0.6) is 5.75 Å². The number of carbonyl (C=O) groups excluding carboxylic acids is 1. The first-order chi connectivity index (χ1) is 14.7. The molecule has 0 bridgehead atoms. The van der Waals surface area contributed by atoms with Crippen LogP contribution in [0.4, 0.5) is 14.5 Å². The number of hydrogen-bond acceptors (Lipinski definition) is 4. The van der Waals surface area contributed by atoms with Crippen LogP contribution in [0.1, 0.15) is 12.5 Å². The van der Waals surface area contributed by atoms with Crippen molar-refractivity contribution in [3.05, 3.63) is 78.4 Å². The number of amides is 1. The second kappa shape index (κ2) is 9.67. The molecule has 0 fully saturated rings. The monoisotopic (exact) mass is 446 g/mol. The fraction of sp³-hybridized carbons (Fsp3) is 0.136. The van der Waals surface area contributed by atoms with Gasteiger partial charge in [0.25, 0.3) is 0 Å². The van der Waals surface area contributed by atoms with Crippen molar-refractivity contribution < 1.29 is 26.7 Å². The molecule has 0 radical (unpaired) electrons. The number of rotatable bonds is 8. The standard InChI is InChI=1S/C22H20F2N2O4S/c1-15(27)26-19-8-4-17(5-9-19)18-6-12-21(13-7-18)31(28,29)25-14-16-2-10-20(11-3-16)30-22(23)24/h2-13,22,25H,14H2,1H3,(H,26,27). The van der Waals surface area contributed by atoms with Crippen molar-refractivity contribution in [3.63, 3.8) is 0 Å². The van der Waals surface area contributed by atoms with Gasteiger partial charge >= 0.3 is 6.61 Å². The number of hydrogen-bond donors (Lipinski definition) is 2. The van der Waals surface area contributed by atoms with Gasteiger partial charge in [0.15, 0.2) is 0 Å². The smallest absolute Gasteiger partial charge is 0.387 e. The SMILES string of the molecule is CC(=O)Nc1ccc(-c2ccc(S(=O)(=O)NCc3ccc(OC(F)F)cc3)cc2)cc1. The second-order valence-corrected chi connectivity index (χ2v) is 8.40. The molecule has 0 aliphatic carbocycles. The molecule has 6 nitrogen and oxygen atoms in total. The molecule has 0 atom stereocenters. The van der Waals surface area contributed by atoms with E-state index in [4.69, 9.17) is 0 Å². The van der Waals surface area contributed by atoms with Crippen LogP contribution in [0.15, 0.2) is 77.7 Å². The summed E-state index contributed by atoms with van der Waals surface area (Å²) in [4.78, 5) is 11.2. The highest BCUT2D eigenvalue weighted by Gasteiger charge is 2.14. The Morgan fingerprint density at radius 1 is 0.903 bits per heavy atom. The zero-order valence-electron chi connectivity index (χ0n) is 16.5. The first-order valence-corrected chi connectivity index (χ1v) is 10.7. The third-order valence-corrected chi connectivity index (χ3v) is 5.74. The van der Waals surface area contributed by atoms with Crippen molar-refractivity contribution in [2.45, 2.75) is 25.0 Å². The maximum Gasteiger partial charge on any atom is 0.387 e. The molecular weight excluding hydrogens is 426 g/mol. The Hall–Kier alpha value is -3.30. The molecule has 2 N–H and O–H groups in total. The highest BCUT2D eigenvalue weighted by molar-refractivity contribution is 7.89. The van der Waals surface area contributed by atoms with Gasteiger partial charge in [-0.15, -0.1) is 0 Å². The Morgan fingerprint density at radius 3 is 1.97 bits per heavy atom. The molecule has 3 aromatic rings. The van der Waals surface area contributed by atoms with Gasteiger partial charge in [0.1, 0.15) is 5.75 Å². The number of sulfonamides is 1. The van der Waals surface area contributed by atoms with E-state index in [-0.39, 0.29) is 23.1 Å². The van der Waals surface area contributed by atoms with Gasteiger partial charge in [0.2, 0.25) is 15.9 Å². The largest absolute Gasteiger partial charge is 0.435 e. The van der Waals surface area contributed by atoms with Crippen molar-refractivity contribution in [1.29, 1.82) is 0 Å². The molecule has 0 heterocycles. The van der Waals surface area contributed by atoms with Gasteiger partial charge in [-0.25, -0.2) is 13.1 Å². The van der Waals surface area contributed by atoms with Gasteiger partial charge < -0.3 is 10.1 Å². The van der Waals surface area contributed by atoms with Crippen LogP contribution < -0.4 is 14.8 Å². The molecule has 162 valence electrons. The van der Waals surface area contributed by atoms with Crippen LogP contribution >= 0.6 is 0 Å². The lowest BCUT2D eigenvalue weighted by Crippen LogP contribution is -2.23. The summed E-state index contributed by atoms with van der Waals surface area (Å²) in [5.41, 5.74) is 2.97. The number of anilines is 1. The molecule has 1 amide bonds. The lowest BCUT2D eigenvalue weighted by molar-refractivity contribution is -0.114. The topological polar surface area (TPSA) is 84.5 Å². The Balaban J connectivity index is 1.64. The van der Waals surface area contributed by atoms with E-state index in [0.29, 0.717) is 11.3 Å². The van der Waals surface area contributed by atoms with Crippen LogP contribution in [0.25, 0.3) is 11.1 Å². The summed E-state index contributed by atoms with van der Waals surface area (Å²) in [7, 11) is -3.76. The normalized spacial score (nSPS) is 11.4. The van der Waals surface area contributed by atoms with Crippen LogP contribution in [0.2, 0.25) is 0 Å². The summed E-state index contributed by atoms with van der Waals surface area (Å²) in [6.45, 7) is -1.48. The average molecular weight is 446 g/mol. The Kier molecular flexibility index (Phi) is 6.98. The van der Waals surface area contributed by atoms with Gasteiger partial charge in [-0.2, -0.15) is 8.78 Å². The Bertz CT molecular complexity index is 1130. The van der Waals surface area contributed by atoms with Crippen LogP contribution in [-0.4, -0.2) is 20.9 Å². The number of benzene rings is 3. The summed E-state index contributed by atoms with van der Waals surface area (Å²) < 4.78 is 56.2. The maximum absolute atomic E-state index is 12.5. The third-order valence-electron chi connectivity index (χ3n) is 4.32. The van der Waals surface area contributed by atoms with Crippen molar-refractivity contribution in [2.75, 3.05) is 5.32 Å². The molecule has 0 aliphatic heterocycles. The van der Waals surface area contributed by atoms with E-state index in [0.717, 1.165) is 11.1 Å². The summed E-state index contributed by atoms with van der Waals surface area (Å²) in [5, 5.41) is 2.68. The summed E-state index contributed by atoms with van der Waals surface area (Å²) >= 11 is 0. The predicted octanol–water partition coefficient (Wildman–Crippen LogP) is 4.39. The van der Waals surface area contributed by atoms with Crippen LogP contribution in [0.3, 0.4) is 0 Å². The predicted molar refractivity (Wildman–Crippen MR) is 113 cm³/mol. The Morgan fingerprint density at radius 2 is 1.45 bits per heavy atom. The molecule has 3 rings (SSSR count). The maximum atomic E-state index is 12.5. The minimum Gasteiger partial charge on any atom is -0.435 e. The van der Waals surface area contributed by atoms with Crippen LogP contribution in [-0.2, 0) is 21.4 Å². The average Bonchev–Trinajstić information content (AvgIpc) is 2.73. The van der Waals surface area contributed by atoms with Crippen molar-refractivity contribution in [1.82, 2.24) is 4.72 Å². The van der Waals surface area contributed by atoms with Gasteiger partial charge in [-0.05, 0) is 53.1 Å². The molecule has 31 heavy (non-hydrogen) atoms. The molecule has 0 saturated heterocycles. The molecule has 0 spiro atoms. The summed E-state index contributed by atoms with van der Waals surface area (Å²) in [5.74, 6) is -0.158. The third kappa shape index (κ3) is 6.34. The van der Waals surface area contributed by atoms with E-state index in [1.165, 1.54) is 43.3 Å². The first kappa shape index (κ1) is 22.4. The lowest BCUT2D eigenvalue weighted by atomic mass is 10.1. The first-order valence-electron chi connectivity index (χ1n) is 9.24. The fourth-order valence-corrected chi connectivity index (χ4v) is 3.84.